The van der Waals surface area contributed by atoms with Gasteiger partial charge in [0.15, 0.2) is 0 Å². The van der Waals surface area contributed by atoms with Crippen LogP contribution in [0.4, 0.5) is 5.69 Å². The highest BCUT2D eigenvalue weighted by Gasteiger charge is 2.40. The molecule has 1 amide bonds. The van der Waals surface area contributed by atoms with Gasteiger partial charge in [0.1, 0.15) is 0 Å². The van der Waals surface area contributed by atoms with Gasteiger partial charge in [0.05, 0.1) is 10.7 Å². The summed E-state index contributed by atoms with van der Waals surface area (Å²) in [4.78, 5) is 11.0. The zero-order valence-electron chi connectivity index (χ0n) is 10.4. The number of primary amides is 1. The van der Waals surface area contributed by atoms with Crippen molar-refractivity contribution in [3.05, 3.63) is 28.8 Å². The van der Waals surface area contributed by atoms with E-state index in [4.69, 9.17) is 23.1 Å². The molecule has 0 radical (unpaired) electrons. The van der Waals surface area contributed by atoms with Crippen molar-refractivity contribution in [1.82, 2.24) is 0 Å². The number of carbonyl (C=O) groups is 1. The van der Waals surface area contributed by atoms with E-state index in [2.05, 4.69) is 12.2 Å². The van der Waals surface area contributed by atoms with E-state index >= 15 is 0 Å². The highest BCUT2D eigenvalue weighted by Crippen LogP contribution is 2.41. The summed E-state index contributed by atoms with van der Waals surface area (Å²) in [6.07, 6.45) is 2.38. The number of hydrogen-bond acceptors (Lipinski definition) is 3. The molecule has 5 N–H and O–H groups in total. The van der Waals surface area contributed by atoms with Gasteiger partial charge in [0, 0.05) is 17.6 Å². The minimum atomic E-state index is -0.479. The van der Waals surface area contributed by atoms with Gasteiger partial charge in [0.2, 0.25) is 5.91 Å². The number of nitrogens with two attached hydrogens (primary N) is 2. The molecule has 1 aliphatic rings. The van der Waals surface area contributed by atoms with Crippen molar-refractivity contribution in [2.24, 2.45) is 17.4 Å². The minimum absolute atomic E-state index is 0.141. The van der Waals surface area contributed by atoms with E-state index in [0.717, 1.165) is 5.69 Å². The van der Waals surface area contributed by atoms with Gasteiger partial charge in [0.25, 0.3) is 0 Å². The Morgan fingerprint density at radius 2 is 2.22 bits per heavy atom. The van der Waals surface area contributed by atoms with Crippen molar-refractivity contribution in [1.29, 1.82) is 0 Å². The van der Waals surface area contributed by atoms with Crippen LogP contribution in [0.25, 0.3) is 0 Å². The van der Waals surface area contributed by atoms with Gasteiger partial charge in [-0.25, -0.2) is 0 Å². The Morgan fingerprint density at radius 1 is 1.56 bits per heavy atom. The van der Waals surface area contributed by atoms with Crippen molar-refractivity contribution >= 4 is 23.2 Å². The van der Waals surface area contributed by atoms with Crippen LogP contribution in [0, 0.1) is 5.92 Å². The molecule has 1 aliphatic carbocycles. The maximum Gasteiger partial charge on any atom is 0.248 e. The number of rotatable bonds is 5. The van der Waals surface area contributed by atoms with E-state index in [1.807, 2.05) is 0 Å². The third kappa shape index (κ3) is 2.60. The van der Waals surface area contributed by atoms with Gasteiger partial charge >= 0.3 is 0 Å². The summed E-state index contributed by atoms with van der Waals surface area (Å²) in [6.45, 7) is 2.65. The molecule has 0 bridgehead atoms. The molecule has 1 aromatic carbocycles. The Kier molecular flexibility index (Phi) is 3.50. The molecular weight excluding hydrogens is 250 g/mol. The third-order valence-electron chi connectivity index (χ3n) is 3.58. The number of halogens is 1. The lowest BCUT2D eigenvalue weighted by atomic mass is 9.95. The molecule has 1 saturated carbocycles. The molecule has 0 spiro atoms. The summed E-state index contributed by atoms with van der Waals surface area (Å²) in [5.74, 6) is 0.113. The molecule has 1 fully saturated rings. The largest absolute Gasteiger partial charge is 0.377 e. The van der Waals surface area contributed by atoms with Gasteiger partial charge in [-0.1, -0.05) is 11.6 Å². The van der Waals surface area contributed by atoms with E-state index in [0.29, 0.717) is 23.0 Å². The Bertz CT molecular complexity index is 473. The Hall–Kier alpha value is -1.26. The Balaban J connectivity index is 2.21. The Labute approximate surface area is 112 Å². The smallest absolute Gasteiger partial charge is 0.248 e. The standard InChI is InChI=1S/C13H18ClN3O/c1-13(7-15,9-3-4-9)17-11-5-2-8(12(16)18)6-10(11)14/h2,5-6,9,17H,3-4,7,15H2,1H3,(H2,16,18). The van der Waals surface area contributed by atoms with Crippen LogP contribution in [0.1, 0.15) is 30.1 Å². The van der Waals surface area contributed by atoms with E-state index in [9.17, 15) is 4.79 Å². The molecule has 1 unspecified atom stereocenters. The van der Waals surface area contributed by atoms with Crippen LogP contribution in [-0.2, 0) is 0 Å². The molecule has 98 valence electrons. The first-order valence-electron chi connectivity index (χ1n) is 6.04. The summed E-state index contributed by atoms with van der Waals surface area (Å²) >= 11 is 6.15. The average molecular weight is 268 g/mol. The summed E-state index contributed by atoms with van der Waals surface area (Å²) in [5.41, 5.74) is 12.1. The quantitative estimate of drug-likeness (QED) is 0.763. The number of nitrogens with one attached hydrogen (secondary N) is 1. The number of carbonyl (C=O) groups excluding carboxylic acids is 1. The zero-order valence-corrected chi connectivity index (χ0v) is 11.1. The SMILES string of the molecule is CC(CN)(Nc1ccc(C(N)=O)cc1Cl)C1CC1. The van der Waals surface area contributed by atoms with Crippen molar-refractivity contribution < 1.29 is 4.79 Å². The van der Waals surface area contributed by atoms with Gasteiger partial charge in [-0.2, -0.15) is 0 Å². The van der Waals surface area contributed by atoms with Crippen LogP contribution in [0.15, 0.2) is 18.2 Å². The number of hydrogen-bond donors (Lipinski definition) is 3. The monoisotopic (exact) mass is 267 g/mol. The summed E-state index contributed by atoms with van der Waals surface area (Å²) < 4.78 is 0. The second kappa shape index (κ2) is 4.78. The van der Waals surface area contributed by atoms with Crippen LogP contribution < -0.4 is 16.8 Å². The first-order valence-corrected chi connectivity index (χ1v) is 6.41. The highest BCUT2D eigenvalue weighted by molar-refractivity contribution is 6.33. The van der Waals surface area contributed by atoms with Crippen LogP contribution in [0.3, 0.4) is 0 Å². The second-order valence-corrected chi connectivity index (χ2v) is 5.49. The summed E-state index contributed by atoms with van der Waals surface area (Å²) in [5, 5.41) is 3.88. The van der Waals surface area contributed by atoms with E-state index < -0.39 is 5.91 Å². The third-order valence-corrected chi connectivity index (χ3v) is 3.89. The average Bonchev–Trinajstić information content (AvgIpc) is 3.15. The van der Waals surface area contributed by atoms with Crippen molar-refractivity contribution in [3.8, 4) is 0 Å². The molecule has 0 aliphatic heterocycles. The first-order chi connectivity index (χ1) is 8.46. The van der Waals surface area contributed by atoms with Gasteiger partial charge in [-0.15, -0.1) is 0 Å². The van der Waals surface area contributed by atoms with Crippen molar-refractivity contribution in [2.75, 3.05) is 11.9 Å². The first kappa shape index (κ1) is 13.2. The molecule has 1 aromatic rings. The molecule has 5 heteroatoms. The molecule has 0 aromatic heterocycles. The van der Waals surface area contributed by atoms with E-state index in [-0.39, 0.29) is 5.54 Å². The number of anilines is 1. The van der Waals surface area contributed by atoms with Gasteiger partial charge in [-0.3, -0.25) is 4.79 Å². The van der Waals surface area contributed by atoms with Crippen molar-refractivity contribution in [2.45, 2.75) is 25.3 Å². The lowest BCUT2D eigenvalue weighted by Gasteiger charge is -2.31. The summed E-state index contributed by atoms with van der Waals surface area (Å²) in [6, 6.07) is 5.02. The predicted molar refractivity (Wildman–Crippen MR) is 73.8 cm³/mol. The lowest BCUT2D eigenvalue weighted by molar-refractivity contribution is 0.100. The molecule has 4 nitrogen and oxygen atoms in total. The fourth-order valence-electron chi connectivity index (χ4n) is 2.12. The molecule has 2 rings (SSSR count). The molecule has 18 heavy (non-hydrogen) atoms. The van der Waals surface area contributed by atoms with E-state index in [1.165, 1.54) is 12.8 Å². The number of benzene rings is 1. The molecular formula is C13H18ClN3O. The molecule has 0 heterocycles. The summed E-state index contributed by atoms with van der Waals surface area (Å²) in [7, 11) is 0. The highest BCUT2D eigenvalue weighted by atomic mass is 35.5. The predicted octanol–water partition coefficient (Wildman–Crippen LogP) is 1.98. The zero-order chi connectivity index (χ0) is 13.3. The second-order valence-electron chi connectivity index (χ2n) is 5.08. The maximum absolute atomic E-state index is 11.0. The minimum Gasteiger partial charge on any atom is -0.377 e. The fourth-order valence-corrected chi connectivity index (χ4v) is 2.35. The molecule has 1 atom stereocenters. The van der Waals surface area contributed by atoms with Crippen molar-refractivity contribution in [3.63, 3.8) is 0 Å². The topological polar surface area (TPSA) is 81.1 Å². The van der Waals surface area contributed by atoms with Crippen LogP contribution in [-0.4, -0.2) is 18.0 Å². The lowest BCUT2D eigenvalue weighted by Crippen LogP contribution is -2.44. The fraction of sp³-hybridized carbons (Fsp3) is 0.462. The van der Waals surface area contributed by atoms with E-state index in [1.54, 1.807) is 18.2 Å². The molecule has 0 saturated heterocycles. The van der Waals surface area contributed by atoms with Gasteiger partial charge < -0.3 is 16.8 Å². The van der Waals surface area contributed by atoms with Crippen LogP contribution in [0.5, 0.6) is 0 Å². The normalized spacial score (nSPS) is 18.2. The number of amides is 1. The van der Waals surface area contributed by atoms with Crippen LogP contribution in [0.2, 0.25) is 5.02 Å². The Morgan fingerprint density at radius 3 is 2.67 bits per heavy atom. The van der Waals surface area contributed by atoms with Crippen LogP contribution >= 0.6 is 11.6 Å². The van der Waals surface area contributed by atoms with Gasteiger partial charge in [-0.05, 0) is 43.9 Å². The maximum atomic E-state index is 11.0.